The van der Waals surface area contributed by atoms with Crippen molar-refractivity contribution in [3.05, 3.63) is 48.3 Å². The molecule has 0 bridgehead atoms. The number of anilines is 1. The zero-order chi connectivity index (χ0) is 18.0. The minimum atomic E-state index is -3.69. The van der Waals surface area contributed by atoms with Gasteiger partial charge >= 0.3 is 0 Å². The number of nitrogens with zero attached hydrogens (tertiary/aromatic N) is 4. The highest BCUT2D eigenvalue weighted by molar-refractivity contribution is 7.92. The maximum Gasteiger partial charge on any atom is 0.265 e. The summed E-state index contributed by atoms with van der Waals surface area (Å²) in [5.41, 5.74) is 2.11. The van der Waals surface area contributed by atoms with Crippen molar-refractivity contribution in [2.24, 2.45) is 7.05 Å². The van der Waals surface area contributed by atoms with Gasteiger partial charge in [0.2, 0.25) is 0 Å². The van der Waals surface area contributed by atoms with Crippen molar-refractivity contribution in [1.29, 1.82) is 0 Å². The molecule has 0 unspecified atom stereocenters. The first-order valence-electron chi connectivity index (χ1n) is 8.32. The zero-order valence-electron chi connectivity index (χ0n) is 14.7. The van der Waals surface area contributed by atoms with Crippen molar-refractivity contribution < 1.29 is 8.42 Å². The lowest BCUT2D eigenvalue weighted by Gasteiger charge is -2.24. The fourth-order valence-electron chi connectivity index (χ4n) is 2.84. The van der Waals surface area contributed by atoms with Gasteiger partial charge in [0.05, 0.1) is 11.4 Å². The molecule has 0 aliphatic heterocycles. The Kier molecular flexibility index (Phi) is 4.76. The summed E-state index contributed by atoms with van der Waals surface area (Å²) >= 11 is 0. The summed E-state index contributed by atoms with van der Waals surface area (Å²) in [5.74, 6) is 0. The molecular weight excluding hydrogens is 336 g/mol. The number of hydrogen-bond donors (Lipinski definition) is 0. The van der Waals surface area contributed by atoms with Crippen molar-refractivity contribution in [2.75, 3.05) is 10.8 Å². The van der Waals surface area contributed by atoms with E-state index in [1.807, 2.05) is 44.2 Å². The molecule has 2 heterocycles. The van der Waals surface area contributed by atoms with Crippen LogP contribution in [-0.4, -0.2) is 29.7 Å². The van der Waals surface area contributed by atoms with Crippen LogP contribution in [0.1, 0.15) is 25.5 Å². The Labute approximate surface area is 148 Å². The number of aromatic nitrogens is 3. The fraction of sp³-hybridized carbons (Fsp3) is 0.333. The van der Waals surface area contributed by atoms with Gasteiger partial charge in [-0.2, -0.15) is 5.10 Å². The fourth-order valence-corrected chi connectivity index (χ4v) is 4.32. The molecule has 7 heteroatoms. The molecule has 0 spiro atoms. The van der Waals surface area contributed by atoms with E-state index in [4.69, 9.17) is 0 Å². The number of fused-ring (bicyclic) bond motifs is 1. The van der Waals surface area contributed by atoms with E-state index in [1.165, 1.54) is 10.5 Å². The average Bonchev–Trinajstić information content (AvgIpc) is 2.90. The lowest BCUT2D eigenvalue weighted by atomic mass is 10.3. The summed E-state index contributed by atoms with van der Waals surface area (Å²) in [6, 6.07) is 10.9. The number of pyridine rings is 1. The van der Waals surface area contributed by atoms with Crippen LogP contribution in [0.5, 0.6) is 0 Å². The van der Waals surface area contributed by atoms with E-state index in [-0.39, 0.29) is 4.90 Å². The third kappa shape index (κ3) is 3.24. The standard InChI is InChI=1S/C18H22N4O2S/c1-4-5-11-22(15-9-7-6-8-10-15)25(23,24)16-12-17-14(2)20-21(3)18(17)19-13-16/h6-10,12-13H,4-5,11H2,1-3H3. The van der Waals surface area contributed by atoms with Crippen molar-refractivity contribution in [2.45, 2.75) is 31.6 Å². The van der Waals surface area contributed by atoms with Gasteiger partial charge in [-0.05, 0) is 31.5 Å². The second kappa shape index (κ2) is 6.84. The summed E-state index contributed by atoms with van der Waals surface area (Å²) < 4.78 is 29.6. The minimum Gasteiger partial charge on any atom is -0.266 e. The predicted octanol–water partition coefficient (Wildman–Crippen LogP) is 3.27. The van der Waals surface area contributed by atoms with Crippen molar-refractivity contribution in [3.63, 3.8) is 0 Å². The van der Waals surface area contributed by atoms with Gasteiger partial charge in [-0.3, -0.25) is 8.99 Å². The van der Waals surface area contributed by atoms with E-state index in [1.54, 1.807) is 17.8 Å². The van der Waals surface area contributed by atoms with Crippen LogP contribution in [0.4, 0.5) is 5.69 Å². The Balaban J connectivity index is 2.10. The Hall–Kier alpha value is -2.41. The quantitative estimate of drug-likeness (QED) is 0.678. The van der Waals surface area contributed by atoms with Crippen LogP contribution in [0.2, 0.25) is 0 Å². The molecule has 0 N–H and O–H groups in total. The Morgan fingerprint density at radius 3 is 2.60 bits per heavy atom. The smallest absolute Gasteiger partial charge is 0.265 e. The molecule has 0 atom stereocenters. The molecule has 0 amide bonds. The van der Waals surface area contributed by atoms with Crippen molar-refractivity contribution >= 4 is 26.7 Å². The van der Waals surface area contributed by atoms with Crippen LogP contribution in [0.25, 0.3) is 11.0 Å². The number of para-hydroxylation sites is 1. The number of benzene rings is 1. The third-order valence-corrected chi connectivity index (χ3v) is 5.98. The van der Waals surface area contributed by atoms with Crippen molar-refractivity contribution in [1.82, 2.24) is 14.8 Å². The van der Waals surface area contributed by atoms with E-state index in [0.29, 0.717) is 17.9 Å². The maximum absolute atomic E-state index is 13.3. The summed E-state index contributed by atoms with van der Waals surface area (Å²) in [5, 5.41) is 5.07. The highest BCUT2D eigenvalue weighted by atomic mass is 32.2. The van der Waals surface area contributed by atoms with Gasteiger partial charge < -0.3 is 0 Å². The average molecular weight is 358 g/mol. The highest BCUT2D eigenvalue weighted by Crippen LogP contribution is 2.26. The molecule has 25 heavy (non-hydrogen) atoms. The van der Waals surface area contributed by atoms with E-state index < -0.39 is 10.0 Å². The normalized spacial score (nSPS) is 11.8. The second-order valence-electron chi connectivity index (χ2n) is 6.02. The molecule has 3 rings (SSSR count). The predicted molar refractivity (Wildman–Crippen MR) is 99.1 cm³/mol. The highest BCUT2D eigenvalue weighted by Gasteiger charge is 2.26. The Bertz CT molecular complexity index is 981. The van der Waals surface area contributed by atoms with Gasteiger partial charge in [-0.1, -0.05) is 31.5 Å². The third-order valence-electron chi connectivity index (χ3n) is 4.18. The molecule has 3 aromatic rings. The number of unbranched alkanes of at least 4 members (excludes halogenated alkanes) is 1. The van der Waals surface area contributed by atoms with Crippen LogP contribution in [0, 0.1) is 6.92 Å². The van der Waals surface area contributed by atoms with Crippen LogP contribution in [0.3, 0.4) is 0 Å². The number of rotatable bonds is 6. The monoisotopic (exact) mass is 358 g/mol. The molecule has 0 radical (unpaired) electrons. The summed E-state index contributed by atoms with van der Waals surface area (Å²) in [6.45, 7) is 4.34. The first-order valence-corrected chi connectivity index (χ1v) is 9.76. The van der Waals surface area contributed by atoms with E-state index in [2.05, 4.69) is 10.1 Å². The molecule has 0 fully saturated rings. The van der Waals surface area contributed by atoms with Crippen LogP contribution in [-0.2, 0) is 17.1 Å². The lowest BCUT2D eigenvalue weighted by molar-refractivity contribution is 0.588. The van der Waals surface area contributed by atoms with E-state index in [9.17, 15) is 8.42 Å². The number of aryl methyl sites for hydroxylation is 2. The van der Waals surface area contributed by atoms with Crippen LogP contribution < -0.4 is 4.31 Å². The summed E-state index contributed by atoms with van der Waals surface area (Å²) in [7, 11) is -1.89. The van der Waals surface area contributed by atoms with Gasteiger partial charge in [-0.25, -0.2) is 13.4 Å². The van der Waals surface area contributed by atoms with E-state index >= 15 is 0 Å². The zero-order valence-corrected chi connectivity index (χ0v) is 15.5. The Morgan fingerprint density at radius 1 is 1.20 bits per heavy atom. The Morgan fingerprint density at radius 2 is 1.92 bits per heavy atom. The maximum atomic E-state index is 13.3. The molecule has 0 saturated heterocycles. The first-order chi connectivity index (χ1) is 11.9. The van der Waals surface area contributed by atoms with Gasteiger partial charge in [-0.15, -0.1) is 0 Å². The van der Waals surface area contributed by atoms with Gasteiger partial charge in [0.1, 0.15) is 4.90 Å². The van der Waals surface area contributed by atoms with Crippen LogP contribution in [0.15, 0.2) is 47.5 Å². The van der Waals surface area contributed by atoms with E-state index in [0.717, 1.165) is 23.9 Å². The molecule has 2 aromatic heterocycles. The molecule has 0 saturated carbocycles. The molecular formula is C18H22N4O2S. The first kappa shape index (κ1) is 17.4. The topological polar surface area (TPSA) is 68.1 Å². The number of hydrogen-bond acceptors (Lipinski definition) is 4. The summed E-state index contributed by atoms with van der Waals surface area (Å²) in [6.07, 6.45) is 3.12. The number of sulfonamides is 1. The molecule has 0 aliphatic carbocycles. The molecule has 1 aromatic carbocycles. The van der Waals surface area contributed by atoms with Crippen LogP contribution >= 0.6 is 0 Å². The SMILES string of the molecule is CCCCN(c1ccccc1)S(=O)(=O)c1cnc2c(c1)c(C)nn2C. The summed E-state index contributed by atoms with van der Waals surface area (Å²) in [4.78, 5) is 4.51. The van der Waals surface area contributed by atoms with Gasteiger partial charge in [0, 0.05) is 25.2 Å². The lowest BCUT2D eigenvalue weighted by Crippen LogP contribution is -2.32. The van der Waals surface area contributed by atoms with Gasteiger partial charge in [0.25, 0.3) is 10.0 Å². The molecule has 0 aliphatic rings. The molecule has 6 nitrogen and oxygen atoms in total. The second-order valence-corrected chi connectivity index (χ2v) is 7.88. The largest absolute Gasteiger partial charge is 0.266 e. The van der Waals surface area contributed by atoms with Crippen molar-refractivity contribution in [3.8, 4) is 0 Å². The molecule has 132 valence electrons. The minimum absolute atomic E-state index is 0.191. The van der Waals surface area contributed by atoms with Gasteiger partial charge in [0.15, 0.2) is 5.65 Å².